The van der Waals surface area contributed by atoms with Gasteiger partial charge in [-0.15, -0.1) is 0 Å². The molecular weight excluding hydrogens is 280 g/mol. The van der Waals surface area contributed by atoms with Gasteiger partial charge in [0.15, 0.2) is 0 Å². The average Bonchev–Trinajstić information content (AvgIpc) is 2.96. The highest BCUT2D eigenvalue weighted by Gasteiger charge is 2.09. The molecule has 2 N–H and O–H groups in total. The summed E-state index contributed by atoms with van der Waals surface area (Å²) in [5.41, 5.74) is 2.48. The largest absolute Gasteiger partial charge is 0.351 e. The number of aromatic nitrogens is 2. The fourth-order valence-electron chi connectivity index (χ4n) is 2.44. The van der Waals surface area contributed by atoms with Gasteiger partial charge in [0.1, 0.15) is 5.52 Å². The number of amides is 1. The number of nitrogens with zero attached hydrogens (tertiary/aromatic N) is 2. The first-order chi connectivity index (χ1) is 10.6. The minimum absolute atomic E-state index is 0.141. The summed E-state index contributed by atoms with van der Waals surface area (Å²) in [6.07, 6.45) is 1.84. The normalized spacial score (nSPS) is 11.4. The van der Waals surface area contributed by atoms with Gasteiger partial charge in [0.25, 0.3) is 11.5 Å². The van der Waals surface area contributed by atoms with Crippen LogP contribution in [0.25, 0.3) is 16.6 Å². The standard InChI is InChI=1S/C16H18N4O2/c1-19(2)9-7-17-15(21)11-5-6-13-12(10-11)18-16(22)14-4-3-8-20(13)14/h3-6,8,10H,7,9H2,1-2H3,(H,17,21)(H,18,22). The summed E-state index contributed by atoms with van der Waals surface area (Å²) in [5, 5.41) is 2.86. The number of carbonyl (C=O) groups is 1. The predicted molar refractivity (Wildman–Crippen MR) is 86.4 cm³/mol. The van der Waals surface area contributed by atoms with Gasteiger partial charge in [0.05, 0.1) is 11.0 Å². The quantitative estimate of drug-likeness (QED) is 0.757. The van der Waals surface area contributed by atoms with Crippen molar-refractivity contribution in [1.29, 1.82) is 0 Å². The molecule has 6 nitrogen and oxygen atoms in total. The molecule has 0 aliphatic rings. The van der Waals surface area contributed by atoms with Gasteiger partial charge in [-0.1, -0.05) is 0 Å². The molecule has 22 heavy (non-hydrogen) atoms. The predicted octanol–water partition coefficient (Wildman–Crippen LogP) is 1.07. The smallest absolute Gasteiger partial charge is 0.272 e. The fraction of sp³-hybridized carbons (Fsp3) is 0.250. The molecule has 0 bridgehead atoms. The molecule has 1 amide bonds. The molecular formula is C16H18N4O2. The summed E-state index contributed by atoms with van der Waals surface area (Å²) in [6.45, 7) is 1.36. The number of nitrogens with one attached hydrogen (secondary N) is 2. The van der Waals surface area contributed by atoms with Crippen LogP contribution in [-0.2, 0) is 0 Å². The molecule has 0 radical (unpaired) electrons. The van der Waals surface area contributed by atoms with Gasteiger partial charge in [0, 0.05) is 24.8 Å². The number of hydrogen-bond acceptors (Lipinski definition) is 3. The zero-order valence-corrected chi connectivity index (χ0v) is 12.6. The minimum atomic E-state index is -0.164. The van der Waals surface area contributed by atoms with Crippen LogP contribution >= 0.6 is 0 Å². The van der Waals surface area contributed by atoms with Crippen LogP contribution in [0.1, 0.15) is 10.4 Å². The molecule has 0 unspecified atom stereocenters. The number of fused-ring (bicyclic) bond motifs is 3. The molecule has 6 heteroatoms. The van der Waals surface area contributed by atoms with E-state index in [1.165, 1.54) is 0 Å². The summed E-state index contributed by atoms with van der Waals surface area (Å²) in [4.78, 5) is 29.0. The van der Waals surface area contributed by atoms with Crippen LogP contribution < -0.4 is 10.9 Å². The van der Waals surface area contributed by atoms with Crippen molar-refractivity contribution >= 4 is 22.5 Å². The van der Waals surface area contributed by atoms with E-state index in [4.69, 9.17) is 0 Å². The van der Waals surface area contributed by atoms with Gasteiger partial charge < -0.3 is 19.6 Å². The number of hydrogen-bond donors (Lipinski definition) is 2. The van der Waals surface area contributed by atoms with Crippen LogP contribution in [0.5, 0.6) is 0 Å². The van der Waals surface area contributed by atoms with Crippen LogP contribution in [0.4, 0.5) is 0 Å². The molecule has 0 atom stereocenters. The van der Waals surface area contributed by atoms with Gasteiger partial charge in [-0.05, 0) is 44.4 Å². The van der Waals surface area contributed by atoms with Crippen molar-refractivity contribution < 1.29 is 4.79 Å². The number of carbonyl (C=O) groups excluding carboxylic acids is 1. The van der Waals surface area contributed by atoms with Crippen molar-refractivity contribution in [1.82, 2.24) is 19.6 Å². The van der Waals surface area contributed by atoms with E-state index < -0.39 is 0 Å². The third-order valence-corrected chi connectivity index (χ3v) is 3.59. The first kappa shape index (κ1) is 14.3. The molecule has 0 spiro atoms. The molecule has 0 aliphatic carbocycles. The van der Waals surface area contributed by atoms with Crippen LogP contribution in [-0.4, -0.2) is 47.4 Å². The topological polar surface area (TPSA) is 69.6 Å². The third-order valence-electron chi connectivity index (χ3n) is 3.59. The highest BCUT2D eigenvalue weighted by atomic mass is 16.1. The van der Waals surface area contributed by atoms with Crippen LogP contribution in [0.3, 0.4) is 0 Å². The maximum absolute atomic E-state index is 12.1. The monoisotopic (exact) mass is 298 g/mol. The average molecular weight is 298 g/mol. The molecule has 3 rings (SSSR count). The maximum Gasteiger partial charge on any atom is 0.272 e. The molecule has 1 aromatic carbocycles. The van der Waals surface area contributed by atoms with E-state index in [0.717, 1.165) is 12.1 Å². The Morgan fingerprint density at radius 2 is 2.09 bits per heavy atom. The van der Waals surface area contributed by atoms with Gasteiger partial charge in [-0.2, -0.15) is 0 Å². The summed E-state index contributed by atoms with van der Waals surface area (Å²) < 4.78 is 1.82. The lowest BCUT2D eigenvalue weighted by Crippen LogP contribution is -2.31. The number of aromatic amines is 1. The second kappa shape index (κ2) is 5.65. The van der Waals surface area contributed by atoms with Gasteiger partial charge in [0.2, 0.25) is 0 Å². The summed E-state index contributed by atoms with van der Waals surface area (Å²) in [5.74, 6) is -0.141. The molecule has 0 fully saturated rings. The Balaban J connectivity index is 1.94. The summed E-state index contributed by atoms with van der Waals surface area (Å²) in [7, 11) is 3.91. The lowest BCUT2D eigenvalue weighted by atomic mass is 10.1. The van der Waals surface area contributed by atoms with Crippen molar-refractivity contribution in [2.75, 3.05) is 27.2 Å². The van der Waals surface area contributed by atoms with Crippen LogP contribution in [0, 0.1) is 0 Å². The summed E-state index contributed by atoms with van der Waals surface area (Å²) in [6, 6.07) is 8.91. The molecule has 114 valence electrons. The van der Waals surface area contributed by atoms with Crippen molar-refractivity contribution in [3.63, 3.8) is 0 Å². The van der Waals surface area contributed by atoms with Crippen molar-refractivity contribution in [2.45, 2.75) is 0 Å². The van der Waals surface area contributed by atoms with E-state index in [-0.39, 0.29) is 11.5 Å². The highest BCUT2D eigenvalue weighted by molar-refractivity contribution is 5.97. The zero-order valence-electron chi connectivity index (χ0n) is 12.6. The molecule has 2 heterocycles. The molecule has 2 aromatic heterocycles. The Kier molecular flexibility index (Phi) is 3.68. The Labute approximate surface area is 127 Å². The molecule has 0 saturated carbocycles. The van der Waals surface area contributed by atoms with E-state index in [0.29, 0.717) is 23.1 Å². The molecule has 3 aromatic rings. The van der Waals surface area contributed by atoms with Gasteiger partial charge >= 0.3 is 0 Å². The Hall–Kier alpha value is -2.60. The summed E-state index contributed by atoms with van der Waals surface area (Å²) >= 11 is 0. The van der Waals surface area contributed by atoms with E-state index >= 15 is 0 Å². The second-order valence-corrected chi connectivity index (χ2v) is 5.51. The fourth-order valence-corrected chi connectivity index (χ4v) is 2.44. The number of H-pyrrole nitrogens is 1. The Morgan fingerprint density at radius 1 is 1.27 bits per heavy atom. The first-order valence-corrected chi connectivity index (χ1v) is 7.12. The van der Waals surface area contributed by atoms with E-state index in [1.54, 1.807) is 18.2 Å². The minimum Gasteiger partial charge on any atom is -0.351 e. The Bertz CT molecular complexity index is 892. The third kappa shape index (κ3) is 2.60. The van der Waals surface area contributed by atoms with E-state index in [1.807, 2.05) is 41.7 Å². The SMILES string of the molecule is CN(C)CCNC(=O)c1ccc2c(c1)[nH]c(=O)c1cccn12. The van der Waals surface area contributed by atoms with Crippen molar-refractivity contribution in [3.05, 3.63) is 52.4 Å². The van der Waals surface area contributed by atoms with Gasteiger partial charge in [-0.25, -0.2) is 0 Å². The zero-order chi connectivity index (χ0) is 15.7. The lowest BCUT2D eigenvalue weighted by Gasteiger charge is -2.11. The number of benzene rings is 1. The maximum atomic E-state index is 12.1. The van der Waals surface area contributed by atoms with Crippen molar-refractivity contribution in [3.8, 4) is 0 Å². The molecule has 0 aliphatic heterocycles. The van der Waals surface area contributed by atoms with Crippen LogP contribution in [0.2, 0.25) is 0 Å². The molecule has 0 saturated heterocycles. The number of rotatable bonds is 4. The lowest BCUT2D eigenvalue weighted by molar-refractivity contribution is 0.0951. The Morgan fingerprint density at radius 3 is 2.86 bits per heavy atom. The van der Waals surface area contributed by atoms with Gasteiger partial charge in [-0.3, -0.25) is 9.59 Å². The van der Waals surface area contributed by atoms with E-state index in [9.17, 15) is 9.59 Å². The van der Waals surface area contributed by atoms with Crippen molar-refractivity contribution in [2.24, 2.45) is 0 Å². The number of likely N-dealkylation sites (N-methyl/N-ethyl adjacent to an activating group) is 1. The van der Waals surface area contributed by atoms with E-state index in [2.05, 4.69) is 10.3 Å². The van der Waals surface area contributed by atoms with Crippen LogP contribution in [0.15, 0.2) is 41.3 Å². The second-order valence-electron chi connectivity index (χ2n) is 5.51. The highest BCUT2D eigenvalue weighted by Crippen LogP contribution is 2.14. The first-order valence-electron chi connectivity index (χ1n) is 7.12.